The maximum absolute atomic E-state index is 12.8. The molecule has 33 heavy (non-hydrogen) atoms. The Morgan fingerprint density at radius 3 is 2.91 bits per heavy atom. The summed E-state index contributed by atoms with van der Waals surface area (Å²) in [4.78, 5) is 25.5. The first kappa shape index (κ1) is 21.8. The minimum absolute atomic E-state index is 0.0432. The molecule has 1 saturated carbocycles. The number of amidine groups is 1. The van der Waals surface area contributed by atoms with Gasteiger partial charge >= 0.3 is 0 Å². The Morgan fingerprint density at radius 2 is 2.18 bits per heavy atom. The number of aliphatic hydroxyl groups is 1. The number of allylic oxidation sites excluding steroid dienone is 1. The zero-order chi connectivity index (χ0) is 23.0. The van der Waals surface area contributed by atoms with E-state index in [-0.39, 0.29) is 29.7 Å². The number of rotatable bonds is 7. The SMILES string of the molecule is O=C(NC1(CO)CC1)c1c(Cl)cccc1OCC1=CC(=O)N2N=C(C3=CCCCC3)NC2N1. The number of hydrogen-bond acceptors (Lipinski definition) is 7. The molecule has 9 nitrogen and oxygen atoms in total. The summed E-state index contributed by atoms with van der Waals surface area (Å²) in [5, 5.41) is 24.9. The van der Waals surface area contributed by atoms with Crippen molar-refractivity contribution in [2.45, 2.75) is 50.4 Å². The summed E-state index contributed by atoms with van der Waals surface area (Å²) in [5.41, 5.74) is 1.32. The molecular weight excluding hydrogens is 446 g/mol. The number of hydrazone groups is 1. The van der Waals surface area contributed by atoms with Crippen LogP contribution in [0, 0.1) is 0 Å². The van der Waals surface area contributed by atoms with E-state index in [1.54, 1.807) is 18.2 Å². The Morgan fingerprint density at radius 1 is 1.33 bits per heavy atom. The lowest BCUT2D eigenvalue weighted by molar-refractivity contribution is -0.129. The van der Waals surface area contributed by atoms with Gasteiger partial charge in [-0.3, -0.25) is 9.59 Å². The second-order valence-corrected chi connectivity index (χ2v) is 9.17. The molecular formula is C23H26ClN5O4. The molecule has 1 fully saturated rings. The second kappa shape index (κ2) is 8.72. The van der Waals surface area contributed by atoms with Gasteiger partial charge < -0.3 is 25.8 Å². The van der Waals surface area contributed by atoms with Crippen LogP contribution in [0.25, 0.3) is 0 Å². The van der Waals surface area contributed by atoms with E-state index >= 15 is 0 Å². The molecule has 0 saturated heterocycles. The number of nitrogens with zero attached hydrogens (tertiary/aromatic N) is 2. The van der Waals surface area contributed by atoms with Crippen LogP contribution >= 0.6 is 11.6 Å². The Kier molecular flexibility index (Phi) is 5.76. The fraction of sp³-hybridized carbons (Fsp3) is 0.435. The van der Waals surface area contributed by atoms with Gasteiger partial charge in [-0.15, -0.1) is 5.10 Å². The lowest BCUT2D eigenvalue weighted by Gasteiger charge is -2.28. The quantitative estimate of drug-likeness (QED) is 0.483. The number of hydrogen-bond donors (Lipinski definition) is 4. The van der Waals surface area contributed by atoms with Crippen LogP contribution in [0.3, 0.4) is 0 Å². The maximum Gasteiger partial charge on any atom is 0.272 e. The van der Waals surface area contributed by atoms with Crippen molar-refractivity contribution in [1.29, 1.82) is 0 Å². The number of halogens is 1. The predicted octanol–water partition coefficient (Wildman–Crippen LogP) is 1.99. The average Bonchev–Trinajstić information content (AvgIpc) is 3.45. The van der Waals surface area contributed by atoms with E-state index in [1.165, 1.54) is 17.5 Å². The molecule has 1 atom stereocenters. The summed E-state index contributed by atoms with van der Waals surface area (Å²) < 4.78 is 5.90. The second-order valence-electron chi connectivity index (χ2n) is 8.76. The summed E-state index contributed by atoms with van der Waals surface area (Å²) in [7, 11) is 0. The third-order valence-corrected chi connectivity index (χ3v) is 6.60. The van der Waals surface area contributed by atoms with Gasteiger partial charge in [0.25, 0.3) is 11.8 Å². The fourth-order valence-electron chi connectivity index (χ4n) is 4.16. The Bertz CT molecular complexity index is 1080. The van der Waals surface area contributed by atoms with Gasteiger partial charge in [0.05, 0.1) is 28.4 Å². The normalized spacial score (nSPS) is 22.8. The van der Waals surface area contributed by atoms with Gasteiger partial charge in [0.2, 0.25) is 6.29 Å². The predicted molar refractivity (Wildman–Crippen MR) is 122 cm³/mol. The first-order valence-electron chi connectivity index (χ1n) is 11.2. The van der Waals surface area contributed by atoms with Crippen LogP contribution in [0.5, 0.6) is 5.75 Å². The molecule has 5 rings (SSSR count). The molecule has 0 bridgehead atoms. The van der Waals surface area contributed by atoms with Crippen LogP contribution in [-0.4, -0.2) is 52.8 Å². The number of nitrogens with one attached hydrogen (secondary N) is 3. The van der Waals surface area contributed by atoms with Crippen LogP contribution in [0.2, 0.25) is 5.02 Å². The number of amides is 2. The minimum atomic E-state index is -0.573. The average molecular weight is 472 g/mol. The highest BCUT2D eigenvalue weighted by Crippen LogP contribution is 2.36. The van der Waals surface area contributed by atoms with Crippen LogP contribution in [0.15, 0.2) is 46.7 Å². The first-order chi connectivity index (χ1) is 16.0. The van der Waals surface area contributed by atoms with E-state index in [0.29, 0.717) is 11.4 Å². The van der Waals surface area contributed by atoms with Gasteiger partial charge in [0, 0.05) is 6.08 Å². The van der Waals surface area contributed by atoms with Crippen LogP contribution in [0.4, 0.5) is 0 Å². The summed E-state index contributed by atoms with van der Waals surface area (Å²) in [6, 6.07) is 4.96. The Labute approximate surface area is 196 Å². The largest absolute Gasteiger partial charge is 0.487 e. The van der Waals surface area contributed by atoms with Crippen LogP contribution in [-0.2, 0) is 4.79 Å². The van der Waals surface area contributed by atoms with Gasteiger partial charge in [-0.1, -0.05) is 23.7 Å². The molecule has 2 aliphatic carbocycles. The van der Waals surface area contributed by atoms with E-state index < -0.39 is 17.7 Å². The number of aliphatic hydroxyl groups excluding tert-OH is 1. The zero-order valence-corrected chi connectivity index (χ0v) is 18.8. The highest BCUT2D eigenvalue weighted by Gasteiger charge is 2.44. The topological polar surface area (TPSA) is 115 Å². The Hall–Kier alpha value is -3.04. The molecule has 2 aliphatic heterocycles. The molecule has 0 radical (unpaired) electrons. The van der Waals surface area contributed by atoms with Gasteiger partial charge in [-0.25, -0.2) is 0 Å². The monoisotopic (exact) mass is 471 g/mol. The lowest BCUT2D eigenvalue weighted by Crippen LogP contribution is -2.54. The highest BCUT2D eigenvalue weighted by atomic mass is 35.5. The first-order valence-corrected chi connectivity index (χ1v) is 11.6. The van der Waals surface area contributed by atoms with Gasteiger partial charge in [-0.2, -0.15) is 5.01 Å². The third kappa shape index (κ3) is 4.43. The third-order valence-electron chi connectivity index (χ3n) is 6.29. The number of carbonyl (C=O) groups is 2. The van der Waals surface area contributed by atoms with E-state index in [9.17, 15) is 14.7 Å². The van der Waals surface area contributed by atoms with E-state index in [1.807, 2.05) is 0 Å². The molecule has 2 amide bonds. The minimum Gasteiger partial charge on any atom is -0.487 e. The molecule has 4 N–H and O–H groups in total. The summed E-state index contributed by atoms with van der Waals surface area (Å²) in [6.07, 6.45) is 8.83. The van der Waals surface area contributed by atoms with E-state index in [2.05, 4.69) is 27.1 Å². The van der Waals surface area contributed by atoms with Crippen molar-refractivity contribution in [3.05, 3.63) is 52.2 Å². The summed E-state index contributed by atoms with van der Waals surface area (Å²) >= 11 is 6.30. The molecule has 0 aromatic heterocycles. The molecule has 10 heteroatoms. The summed E-state index contributed by atoms with van der Waals surface area (Å²) in [5.74, 6) is 0.378. The fourth-order valence-corrected chi connectivity index (χ4v) is 4.41. The standard InChI is InChI=1S/C23H26ClN5O4/c24-16-7-4-8-17(19(16)21(32)27-23(13-30)9-10-23)33-12-15-11-18(31)29-22(25-15)26-20(28-29)14-5-2-1-3-6-14/h4-5,7-8,11,22,25,30H,1-3,6,9-10,12-13H2,(H,26,28)(H,27,32). The molecule has 1 aromatic carbocycles. The lowest BCUT2D eigenvalue weighted by atomic mass is 9.99. The highest BCUT2D eigenvalue weighted by molar-refractivity contribution is 6.34. The van der Waals surface area contributed by atoms with Crippen molar-refractivity contribution in [2.75, 3.05) is 13.2 Å². The number of carbonyl (C=O) groups excluding carboxylic acids is 2. The summed E-state index contributed by atoms with van der Waals surface area (Å²) in [6.45, 7) is -0.0777. The van der Waals surface area contributed by atoms with Crippen molar-refractivity contribution >= 4 is 29.3 Å². The van der Waals surface area contributed by atoms with E-state index in [4.69, 9.17) is 16.3 Å². The molecule has 174 valence electrons. The molecule has 2 heterocycles. The van der Waals surface area contributed by atoms with Crippen LogP contribution < -0.4 is 20.7 Å². The van der Waals surface area contributed by atoms with Crippen molar-refractivity contribution in [2.24, 2.45) is 5.10 Å². The van der Waals surface area contributed by atoms with Gasteiger partial charge in [0.15, 0.2) is 5.84 Å². The number of benzene rings is 1. The van der Waals surface area contributed by atoms with Crippen molar-refractivity contribution in [3.8, 4) is 5.75 Å². The van der Waals surface area contributed by atoms with Gasteiger partial charge in [-0.05, 0) is 56.2 Å². The smallest absolute Gasteiger partial charge is 0.272 e. The maximum atomic E-state index is 12.8. The van der Waals surface area contributed by atoms with Gasteiger partial charge in [0.1, 0.15) is 12.4 Å². The Balaban J connectivity index is 1.25. The zero-order valence-electron chi connectivity index (χ0n) is 18.1. The van der Waals surface area contributed by atoms with Crippen molar-refractivity contribution < 1.29 is 19.4 Å². The molecule has 1 aromatic rings. The van der Waals surface area contributed by atoms with E-state index in [0.717, 1.165) is 43.5 Å². The molecule has 4 aliphatic rings. The van der Waals surface area contributed by atoms with Crippen molar-refractivity contribution in [3.63, 3.8) is 0 Å². The number of fused-ring (bicyclic) bond motifs is 1. The molecule has 0 spiro atoms. The molecule has 1 unspecified atom stereocenters. The number of ether oxygens (including phenoxy) is 1. The van der Waals surface area contributed by atoms with Crippen LogP contribution in [0.1, 0.15) is 48.9 Å². The van der Waals surface area contributed by atoms with Crippen molar-refractivity contribution in [1.82, 2.24) is 21.0 Å².